The number of hydrogen-bond acceptors (Lipinski definition) is 4. The van der Waals surface area contributed by atoms with Crippen LogP contribution < -0.4 is 15.2 Å². The van der Waals surface area contributed by atoms with Crippen LogP contribution in [0.1, 0.15) is 25.5 Å². The van der Waals surface area contributed by atoms with E-state index in [1.54, 1.807) is 14.2 Å². The van der Waals surface area contributed by atoms with Crippen LogP contribution in [0.15, 0.2) is 18.2 Å². The molecule has 0 radical (unpaired) electrons. The van der Waals surface area contributed by atoms with Gasteiger partial charge in [0.15, 0.2) is 0 Å². The fraction of sp³-hybridized carbons (Fsp3) is 0.538. The highest BCUT2D eigenvalue weighted by Gasteiger charge is 2.31. The molecule has 1 aromatic carbocycles. The predicted molar refractivity (Wildman–Crippen MR) is 67.3 cm³/mol. The minimum absolute atomic E-state index is 0.00459. The molecule has 0 fully saturated rings. The Balaban J connectivity index is 3.27. The maximum atomic E-state index is 9.39. The van der Waals surface area contributed by atoms with E-state index in [0.29, 0.717) is 11.5 Å². The van der Waals surface area contributed by atoms with E-state index in [4.69, 9.17) is 15.2 Å². The normalized spacial score (nSPS) is 13.3. The second-order valence-corrected chi connectivity index (χ2v) is 4.70. The van der Waals surface area contributed by atoms with Gasteiger partial charge in [0.25, 0.3) is 0 Å². The Morgan fingerprint density at radius 1 is 1.24 bits per heavy atom. The monoisotopic (exact) mass is 239 g/mol. The van der Waals surface area contributed by atoms with Crippen molar-refractivity contribution in [3.8, 4) is 11.5 Å². The zero-order chi connectivity index (χ0) is 13.1. The first-order chi connectivity index (χ1) is 7.97. The Morgan fingerprint density at radius 3 is 2.06 bits per heavy atom. The van der Waals surface area contributed by atoms with Crippen LogP contribution >= 0.6 is 0 Å². The third-order valence-electron chi connectivity index (χ3n) is 3.03. The molecule has 0 aromatic heterocycles. The summed E-state index contributed by atoms with van der Waals surface area (Å²) >= 11 is 0. The van der Waals surface area contributed by atoms with E-state index in [1.807, 2.05) is 32.0 Å². The average molecular weight is 239 g/mol. The molecule has 1 rings (SSSR count). The number of benzene rings is 1. The number of nitrogens with two attached hydrogens (primary N) is 1. The molecule has 0 heterocycles. The van der Waals surface area contributed by atoms with E-state index in [-0.39, 0.29) is 12.6 Å². The molecule has 0 saturated carbocycles. The highest BCUT2D eigenvalue weighted by molar-refractivity contribution is 5.47. The molecule has 96 valence electrons. The lowest BCUT2D eigenvalue weighted by atomic mass is 9.81. The lowest BCUT2D eigenvalue weighted by Crippen LogP contribution is -2.33. The van der Waals surface area contributed by atoms with Gasteiger partial charge in [0.05, 0.1) is 19.8 Å². The van der Waals surface area contributed by atoms with Gasteiger partial charge in [-0.15, -0.1) is 0 Å². The van der Waals surface area contributed by atoms with Gasteiger partial charge in [-0.1, -0.05) is 19.9 Å². The lowest BCUT2D eigenvalue weighted by Gasteiger charge is -2.31. The van der Waals surface area contributed by atoms with Gasteiger partial charge in [0.2, 0.25) is 0 Å². The molecule has 4 heteroatoms. The standard InChI is InChI=1S/C13H21NO3/c1-13(2,8-15)12(14)11-9(16-3)6-5-7-10(11)17-4/h5-7,12,15H,8,14H2,1-4H3/t12-/m0/s1. The minimum Gasteiger partial charge on any atom is -0.496 e. The molecule has 3 N–H and O–H groups in total. The van der Waals surface area contributed by atoms with Crippen molar-refractivity contribution in [1.29, 1.82) is 0 Å². The van der Waals surface area contributed by atoms with Crippen molar-refractivity contribution in [3.63, 3.8) is 0 Å². The summed E-state index contributed by atoms with van der Waals surface area (Å²) in [7, 11) is 3.19. The van der Waals surface area contributed by atoms with E-state index in [1.165, 1.54) is 0 Å². The SMILES string of the molecule is COc1cccc(OC)c1[C@H](N)C(C)(C)CO. The summed E-state index contributed by atoms with van der Waals surface area (Å²) in [5.74, 6) is 1.36. The van der Waals surface area contributed by atoms with Crippen LogP contribution in [0.5, 0.6) is 11.5 Å². The molecule has 0 unspecified atom stereocenters. The molecule has 0 aliphatic rings. The highest BCUT2D eigenvalue weighted by Crippen LogP contribution is 2.40. The zero-order valence-corrected chi connectivity index (χ0v) is 10.9. The van der Waals surface area contributed by atoms with Crippen LogP contribution in [-0.2, 0) is 0 Å². The van der Waals surface area contributed by atoms with Crippen molar-refractivity contribution in [3.05, 3.63) is 23.8 Å². The summed E-state index contributed by atoms with van der Waals surface area (Å²) in [4.78, 5) is 0. The van der Waals surface area contributed by atoms with E-state index < -0.39 is 5.41 Å². The summed E-state index contributed by atoms with van der Waals surface area (Å²) in [5, 5.41) is 9.39. The van der Waals surface area contributed by atoms with E-state index in [9.17, 15) is 5.11 Å². The number of hydrogen-bond donors (Lipinski definition) is 2. The number of aliphatic hydroxyl groups is 1. The molecular formula is C13H21NO3. The van der Waals surface area contributed by atoms with Crippen molar-refractivity contribution < 1.29 is 14.6 Å². The molecule has 4 nitrogen and oxygen atoms in total. The van der Waals surface area contributed by atoms with Crippen molar-refractivity contribution in [2.75, 3.05) is 20.8 Å². The maximum absolute atomic E-state index is 9.39. The molecule has 0 amide bonds. The average Bonchev–Trinajstić information content (AvgIpc) is 2.36. The molecule has 17 heavy (non-hydrogen) atoms. The number of rotatable bonds is 5. The van der Waals surface area contributed by atoms with Crippen LogP contribution in [0.4, 0.5) is 0 Å². The largest absolute Gasteiger partial charge is 0.496 e. The summed E-state index contributed by atoms with van der Waals surface area (Å²) in [6.45, 7) is 3.81. The quantitative estimate of drug-likeness (QED) is 0.821. The summed E-state index contributed by atoms with van der Waals surface area (Å²) < 4.78 is 10.6. The van der Waals surface area contributed by atoms with Gasteiger partial charge in [0.1, 0.15) is 11.5 Å². The zero-order valence-electron chi connectivity index (χ0n) is 10.9. The van der Waals surface area contributed by atoms with Crippen molar-refractivity contribution in [2.45, 2.75) is 19.9 Å². The van der Waals surface area contributed by atoms with Gasteiger partial charge in [-0.25, -0.2) is 0 Å². The van der Waals surface area contributed by atoms with Gasteiger partial charge in [0, 0.05) is 18.1 Å². The van der Waals surface area contributed by atoms with Crippen molar-refractivity contribution in [2.24, 2.45) is 11.1 Å². The van der Waals surface area contributed by atoms with Crippen LogP contribution in [0.25, 0.3) is 0 Å². The number of ether oxygens (including phenoxy) is 2. The third kappa shape index (κ3) is 2.70. The van der Waals surface area contributed by atoms with Gasteiger partial charge in [-0.3, -0.25) is 0 Å². The maximum Gasteiger partial charge on any atom is 0.127 e. The Kier molecular flexibility index (Phi) is 4.37. The fourth-order valence-corrected chi connectivity index (χ4v) is 1.68. The van der Waals surface area contributed by atoms with Crippen molar-refractivity contribution >= 4 is 0 Å². The third-order valence-corrected chi connectivity index (χ3v) is 3.03. The Labute approximate surface area is 102 Å². The van der Waals surface area contributed by atoms with Gasteiger partial charge >= 0.3 is 0 Å². The predicted octanol–water partition coefficient (Wildman–Crippen LogP) is 1.72. The summed E-state index contributed by atoms with van der Waals surface area (Å²) in [5.41, 5.74) is 6.56. The second-order valence-electron chi connectivity index (χ2n) is 4.70. The van der Waals surface area contributed by atoms with E-state index in [2.05, 4.69) is 0 Å². The second kappa shape index (κ2) is 5.38. The first kappa shape index (κ1) is 13.8. The molecule has 0 aliphatic carbocycles. The summed E-state index contributed by atoms with van der Waals surface area (Å²) in [6, 6.07) is 5.16. The smallest absolute Gasteiger partial charge is 0.127 e. The first-order valence-corrected chi connectivity index (χ1v) is 5.55. The van der Waals surface area contributed by atoms with Crippen molar-refractivity contribution in [1.82, 2.24) is 0 Å². The van der Waals surface area contributed by atoms with Gasteiger partial charge < -0.3 is 20.3 Å². The molecule has 0 aliphatic heterocycles. The van der Waals surface area contributed by atoms with Crippen LogP contribution in [0, 0.1) is 5.41 Å². The first-order valence-electron chi connectivity index (χ1n) is 5.55. The van der Waals surface area contributed by atoms with E-state index >= 15 is 0 Å². The number of methoxy groups -OCH3 is 2. The van der Waals surface area contributed by atoms with Crippen LogP contribution in [0.2, 0.25) is 0 Å². The Hall–Kier alpha value is -1.26. The fourth-order valence-electron chi connectivity index (χ4n) is 1.68. The summed E-state index contributed by atoms with van der Waals surface area (Å²) in [6.07, 6.45) is 0. The minimum atomic E-state index is -0.443. The van der Waals surface area contributed by atoms with Gasteiger partial charge in [-0.05, 0) is 12.1 Å². The molecule has 0 bridgehead atoms. The molecule has 0 spiro atoms. The number of aliphatic hydroxyl groups excluding tert-OH is 1. The molecule has 1 aromatic rings. The molecule has 0 saturated heterocycles. The molecular weight excluding hydrogens is 218 g/mol. The van der Waals surface area contributed by atoms with E-state index in [0.717, 1.165) is 5.56 Å². The Bertz CT molecular complexity index is 355. The highest BCUT2D eigenvalue weighted by atomic mass is 16.5. The Morgan fingerprint density at radius 2 is 1.71 bits per heavy atom. The topological polar surface area (TPSA) is 64.7 Å². The van der Waals surface area contributed by atoms with Crippen LogP contribution in [0.3, 0.4) is 0 Å². The molecule has 1 atom stereocenters. The van der Waals surface area contributed by atoms with Crippen LogP contribution in [-0.4, -0.2) is 25.9 Å². The van der Waals surface area contributed by atoms with Gasteiger partial charge in [-0.2, -0.15) is 0 Å². The lowest BCUT2D eigenvalue weighted by molar-refractivity contribution is 0.129.